The summed E-state index contributed by atoms with van der Waals surface area (Å²) >= 11 is 1.63. The molecule has 0 aromatic heterocycles. The topological polar surface area (TPSA) is 12.4 Å². The van der Waals surface area contributed by atoms with E-state index in [1.54, 1.807) is 11.9 Å². The van der Waals surface area contributed by atoms with Gasteiger partial charge in [-0.1, -0.05) is 58.0 Å². The van der Waals surface area contributed by atoms with Gasteiger partial charge in [-0.25, -0.2) is 4.40 Å². The summed E-state index contributed by atoms with van der Waals surface area (Å²) < 4.78 is 4.62. The van der Waals surface area contributed by atoms with E-state index in [0.29, 0.717) is 0 Å². The van der Waals surface area contributed by atoms with E-state index in [9.17, 15) is 0 Å². The second kappa shape index (κ2) is 5.36. The maximum Gasteiger partial charge on any atom is 0.0612 e. The van der Waals surface area contributed by atoms with Gasteiger partial charge in [-0.3, -0.25) is 0 Å². The molecule has 0 aliphatic heterocycles. The van der Waals surface area contributed by atoms with Crippen LogP contribution in [0.25, 0.3) is 0 Å². The van der Waals surface area contributed by atoms with E-state index in [1.165, 1.54) is 11.3 Å². The van der Waals surface area contributed by atoms with Gasteiger partial charge in [0.05, 0.1) is 5.71 Å². The molecule has 1 aromatic carbocycles. The van der Waals surface area contributed by atoms with Crippen LogP contribution in [-0.2, 0) is 0 Å². The fourth-order valence-corrected chi connectivity index (χ4v) is 1.99. The van der Waals surface area contributed by atoms with Crippen molar-refractivity contribution in [1.82, 2.24) is 0 Å². The first-order chi connectivity index (χ1) is 7.05. The summed E-state index contributed by atoms with van der Waals surface area (Å²) in [6.45, 7) is 8.73. The lowest BCUT2D eigenvalue weighted by Crippen LogP contribution is -2.21. The third-order valence-electron chi connectivity index (χ3n) is 2.04. The quantitative estimate of drug-likeness (QED) is 0.550. The largest absolute Gasteiger partial charge is 0.220 e. The fourth-order valence-electron chi connectivity index (χ4n) is 1.35. The van der Waals surface area contributed by atoms with E-state index in [-0.39, 0.29) is 5.41 Å². The predicted molar refractivity (Wildman–Crippen MR) is 70.6 cm³/mol. The molecule has 0 saturated heterocycles. The lowest BCUT2D eigenvalue weighted by molar-refractivity contribution is 0.594. The minimum atomic E-state index is 0.101. The Hall–Kier alpha value is -0.760. The molecule has 15 heavy (non-hydrogen) atoms. The third-order valence-corrected chi connectivity index (χ3v) is 2.61. The van der Waals surface area contributed by atoms with Crippen LogP contribution in [0.4, 0.5) is 0 Å². The molecular weight excluding hydrogens is 202 g/mol. The summed E-state index contributed by atoms with van der Waals surface area (Å²) in [4.78, 5) is 0. The smallest absolute Gasteiger partial charge is 0.0612 e. The lowest BCUT2D eigenvalue weighted by Gasteiger charge is -2.21. The van der Waals surface area contributed by atoms with E-state index in [1.807, 2.05) is 6.07 Å². The summed E-state index contributed by atoms with van der Waals surface area (Å²) in [6, 6.07) is 10.4. The molecule has 0 aliphatic rings. The van der Waals surface area contributed by atoms with Gasteiger partial charge in [-0.15, -0.1) is 0 Å². The van der Waals surface area contributed by atoms with Crippen LogP contribution in [-0.4, -0.2) is 11.5 Å². The molecule has 0 N–H and O–H groups in total. The Balaban J connectivity index is 3.03. The molecule has 0 bridgehead atoms. The molecule has 0 saturated carbocycles. The zero-order chi connectivity index (χ0) is 11.3. The van der Waals surface area contributed by atoms with E-state index in [0.717, 1.165) is 5.75 Å². The summed E-state index contributed by atoms with van der Waals surface area (Å²) in [6.07, 6.45) is 0. The van der Waals surface area contributed by atoms with Gasteiger partial charge in [0.15, 0.2) is 0 Å². The van der Waals surface area contributed by atoms with Gasteiger partial charge in [0.25, 0.3) is 0 Å². The van der Waals surface area contributed by atoms with Crippen molar-refractivity contribution in [2.45, 2.75) is 27.7 Å². The molecule has 1 aromatic rings. The molecule has 1 nitrogen and oxygen atoms in total. The molecule has 82 valence electrons. The Bertz CT molecular complexity index is 322. The van der Waals surface area contributed by atoms with Gasteiger partial charge < -0.3 is 0 Å². The molecule has 0 aliphatic carbocycles. The average molecular weight is 221 g/mol. The minimum Gasteiger partial charge on any atom is -0.220 e. The SMILES string of the molecule is CCS/N=C(/c1ccccc1)C(C)(C)C. The highest BCUT2D eigenvalue weighted by Crippen LogP contribution is 2.24. The second-order valence-electron chi connectivity index (χ2n) is 4.47. The summed E-state index contributed by atoms with van der Waals surface area (Å²) in [5, 5.41) is 0. The molecule has 0 radical (unpaired) electrons. The average Bonchev–Trinajstić information content (AvgIpc) is 2.18. The van der Waals surface area contributed by atoms with Crippen LogP contribution in [0, 0.1) is 5.41 Å². The standard InChI is InChI=1S/C13H19NS/c1-5-15-14-12(13(2,3)4)11-9-7-6-8-10-11/h6-10H,5H2,1-4H3/b14-12-. The summed E-state index contributed by atoms with van der Waals surface area (Å²) in [5.74, 6) is 1.02. The van der Waals surface area contributed by atoms with Gasteiger partial charge in [-0.05, 0) is 17.5 Å². The highest BCUT2D eigenvalue weighted by atomic mass is 32.2. The zero-order valence-corrected chi connectivity index (χ0v) is 10.8. The van der Waals surface area contributed by atoms with Gasteiger partial charge in [0.2, 0.25) is 0 Å². The van der Waals surface area contributed by atoms with Gasteiger partial charge in [0.1, 0.15) is 0 Å². The fraction of sp³-hybridized carbons (Fsp3) is 0.462. The van der Waals surface area contributed by atoms with Crippen molar-refractivity contribution in [1.29, 1.82) is 0 Å². The summed E-state index contributed by atoms with van der Waals surface area (Å²) in [7, 11) is 0. The number of hydrogen-bond donors (Lipinski definition) is 0. The Kier molecular flexibility index (Phi) is 4.40. The normalized spacial score (nSPS) is 12.9. The van der Waals surface area contributed by atoms with Crippen LogP contribution < -0.4 is 0 Å². The highest BCUT2D eigenvalue weighted by molar-refractivity contribution is 7.98. The maximum absolute atomic E-state index is 4.62. The molecule has 0 heterocycles. The van der Waals surface area contributed by atoms with E-state index in [4.69, 9.17) is 0 Å². The van der Waals surface area contributed by atoms with Crippen LogP contribution in [0.15, 0.2) is 34.7 Å². The Morgan fingerprint density at radius 2 is 1.80 bits per heavy atom. The van der Waals surface area contributed by atoms with Crippen LogP contribution >= 0.6 is 11.9 Å². The van der Waals surface area contributed by atoms with Crippen LogP contribution in [0.1, 0.15) is 33.3 Å². The third kappa shape index (κ3) is 3.71. The Labute approximate surface area is 97.1 Å². The van der Waals surface area contributed by atoms with Crippen molar-refractivity contribution < 1.29 is 0 Å². The highest BCUT2D eigenvalue weighted by Gasteiger charge is 2.20. The van der Waals surface area contributed by atoms with Crippen molar-refractivity contribution in [3.63, 3.8) is 0 Å². The Morgan fingerprint density at radius 1 is 1.20 bits per heavy atom. The molecular formula is C13H19NS. The van der Waals surface area contributed by atoms with Gasteiger partial charge in [-0.2, -0.15) is 0 Å². The van der Waals surface area contributed by atoms with Crippen molar-refractivity contribution >= 4 is 17.7 Å². The number of hydrogen-bond acceptors (Lipinski definition) is 2. The monoisotopic (exact) mass is 221 g/mol. The second-order valence-corrected chi connectivity index (χ2v) is 5.49. The number of nitrogens with zero attached hydrogens (tertiary/aromatic N) is 1. The summed E-state index contributed by atoms with van der Waals surface area (Å²) in [5.41, 5.74) is 2.50. The van der Waals surface area contributed by atoms with E-state index < -0.39 is 0 Å². The number of rotatable bonds is 3. The van der Waals surface area contributed by atoms with Crippen LogP contribution in [0.3, 0.4) is 0 Å². The van der Waals surface area contributed by atoms with Crippen molar-refractivity contribution in [2.75, 3.05) is 5.75 Å². The lowest BCUT2D eigenvalue weighted by atomic mass is 9.86. The maximum atomic E-state index is 4.62. The molecule has 0 fully saturated rings. The van der Waals surface area contributed by atoms with Crippen LogP contribution in [0.5, 0.6) is 0 Å². The van der Waals surface area contributed by atoms with E-state index >= 15 is 0 Å². The van der Waals surface area contributed by atoms with E-state index in [2.05, 4.69) is 56.4 Å². The van der Waals surface area contributed by atoms with Crippen LogP contribution in [0.2, 0.25) is 0 Å². The Morgan fingerprint density at radius 3 is 2.27 bits per heavy atom. The molecule has 0 atom stereocenters. The first kappa shape index (κ1) is 12.3. The van der Waals surface area contributed by atoms with Crippen molar-refractivity contribution in [3.8, 4) is 0 Å². The molecule has 0 unspecified atom stereocenters. The molecule has 0 amide bonds. The molecule has 2 heteroatoms. The minimum absolute atomic E-state index is 0.101. The number of benzene rings is 1. The van der Waals surface area contributed by atoms with Gasteiger partial charge in [0, 0.05) is 11.2 Å². The molecule has 1 rings (SSSR count). The van der Waals surface area contributed by atoms with Gasteiger partial charge >= 0.3 is 0 Å². The first-order valence-electron chi connectivity index (χ1n) is 5.31. The van der Waals surface area contributed by atoms with Crippen molar-refractivity contribution in [2.24, 2.45) is 9.81 Å². The first-order valence-corrected chi connectivity index (χ1v) is 6.26. The molecule has 0 spiro atoms. The van der Waals surface area contributed by atoms with Crippen molar-refractivity contribution in [3.05, 3.63) is 35.9 Å². The zero-order valence-electron chi connectivity index (χ0n) is 9.95. The predicted octanol–water partition coefficient (Wildman–Crippen LogP) is 4.19.